The van der Waals surface area contributed by atoms with Gasteiger partial charge in [-0.3, -0.25) is 9.69 Å². The van der Waals surface area contributed by atoms with Crippen LogP contribution < -0.4 is 10.2 Å². The molecule has 29 heavy (non-hydrogen) atoms. The first-order chi connectivity index (χ1) is 13.9. The zero-order chi connectivity index (χ0) is 20.8. The molecule has 0 aromatic carbocycles. The van der Waals surface area contributed by atoms with Crippen LogP contribution in [0.4, 0.5) is 5.82 Å². The minimum absolute atomic E-state index is 0.0872. The molecule has 2 heterocycles. The van der Waals surface area contributed by atoms with Gasteiger partial charge in [0.15, 0.2) is 0 Å². The van der Waals surface area contributed by atoms with Gasteiger partial charge < -0.3 is 10.2 Å². The highest BCUT2D eigenvalue weighted by atomic mass is 16.2. The predicted octanol–water partition coefficient (Wildman–Crippen LogP) is 3.43. The lowest BCUT2D eigenvalue weighted by molar-refractivity contribution is -0.125. The topological polar surface area (TPSA) is 61.4 Å². The summed E-state index contributed by atoms with van der Waals surface area (Å²) in [4.78, 5) is 26.5. The number of rotatable bonds is 7. The second-order valence-corrected chi connectivity index (χ2v) is 8.73. The Kier molecular flexibility index (Phi) is 7.64. The molecule has 3 rings (SSSR count). The minimum Gasteiger partial charge on any atom is -0.354 e. The van der Waals surface area contributed by atoms with E-state index in [2.05, 4.69) is 46.1 Å². The molecule has 1 amide bonds. The first-order valence-corrected chi connectivity index (χ1v) is 11.2. The molecule has 1 aliphatic carbocycles. The van der Waals surface area contributed by atoms with Crippen LogP contribution in [0.15, 0.2) is 17.7 Å². The molecule has 1 aliphatic heterocycles. The van der Waals surface area contributed by atoms with Gasteiger partial charge in [0, 0.05) is 50.4 Å². The van der Waals surface area contributed by atoms with E-state index in [1.54, 1.807) is 0 Å². The molecule has 1 aromatic rings. The number of piperazine rings is 1. The van der Waals surface area contributed by atoms with Crippen LogP contribution in [-0.4, -0.2) is 59.5 Å². The summed E-state index contributed by atoms with van der Waals surface area (Å²) >= 11 is 0. The SMILES string of the molecule is Cc1cc(N2CCN([C@H](C)C(=O)NCCC3=CCCCC3)CC2)nc(C(C)C)n1. The number of hydrogen-bond donors (Lipinski definition) is 1. The third-order valence-electron chi connectivity index (χ3n) is 6.07. The van der Waals surface area contributed by atoms with Gasteiger partial charge in [-0.05, 0) is 46.0 Å². The average Bonchev–Trinajstić information content (AvgIpc) is 2.73. The fourth-order valence-corrected chi connectivity index (χ4v) is 4.12. The van der Waals surface area contributed by atoms with Crippen LogP contribution in [0, 0.1) is 6.92 Å². The van der Waals surface area contributed by atoms with Crippen molar-refractivity contribution in [1.29, 1.82) is 0 Å². The average molecular weight is 400 g/mol. The van der Waals surface area contributed by atoms with E-state index in [0.717, 1.165) is 56.5 Å². The first kappa shape index (κ1) is 21.8. The highest BCUT2D eigenvalue weighted by Crippen LogP contribution is 2.20. The highest BCUT2D eigenvalue weighted by molar-refractivity contribution is 5.81. The molecule has 0 saturated carbocycles. The second-order valence-electron chi connectivity index (χ2n) is 8.73. The first-order valence-electron chi connectivity index (χ1n) is 11.2. The van der Waals surface area contributed by atoms with Crippen molar-refractivity contribution >= 4 is 11.7 Å². The lowest BCUT2D eigenvalue weighted by Crippen LogP contribution is -2.54. The Hall–Kier alpha value is -1.95. The van der Waals surface area contributed by atoms with Gasteiger partial charge in [-0.1, -0.05) is 25.5 Å². The largest absolute Gasteiger partial charge is 0.354 e. The molecule has 1 N–H and O–H groups in total. The monoisotopic (exact) mass is 399 g/mol. The smallest absolute Gasteiger partial charge is 0.237 e. The third kappa shape index (κ3) is 6.01. The van der Waals surface area contributed by atoms with E-state index in [9.17, 15) is 4.79 Å². The van der Waals surface area contributed by atoms with Crippen LogP contribution in [0.25, 0.3) is 0 Å². The summed E-state index contributed by atoms with van der Waals surface area (Å²) in [7, 11) is 0. The number of nitrogens with one attached hydrogen (secondary N) is 1. The Labute approximate surface area is 175 Å². The molecule has 160 valence electrons. The number of aromatic nitrogens is 2. The molecule has 0 radical (unpaired) electrons. The van der Waals surface area contributed by atoms with Gasteiger partial charge in [0.1, 0.15) is 11.6 Å². The fourth-order valence-electron chi connectivity index (χ4n) is 4.12. The van der Waals surface area contributed by atoms with E-state index >= 15 is 0 Å². The molecule has 1 aromatic heterocycles. The fraction of sp³-hybridized carbons (Fsp3) is 0.696. The van der Waals surface area contributed by atoms with Crippen molar-refractivity contribution in [3.8, 4) is 0 Å². The van der Waals surface area contributed by atoms with Crippen molar-refractivity contribution in [3.05, 3.63) is 29.2 Å². The van der Waals surface area contributed by atoms with Crippen molar-refractivity contribution in [3.63, 3.8) is 0 Å². The maximum atomic E-state index is 12.6. The summed E-state index contributed by atoms with van der Waals surface area (Å²) in [6, 6.07) is 1.98. The number of anilines is 1. The predicted molar refractivity (Wildman–Crippen MR) is 118 cm³/mol. The van der Waals surface area contributed by atoms with E-state index < -0.39 is 0 Å². The summed E-state index contributed by atoms with van der Waals surface area (Å²) in [5, 5.41) is 3.14. The van der Waals surface area contributed by atoms with Gasteiger partial charge in [-0.2, -0.15) is 0 Å². The van der Waals surface area contributed by atoms with Crippen LogP contribution in [0.3, 0.4) is 0 Å². The molecule has 2 aliphatic rings. The molecule has 1 saturated heterocycles. The van der Waals surface area contributed by atoms with Crippen molar-refractivity contribution in [2.24, 2.45) is 0 Å². The number of allylic oxidation sites excluding steroid dienone is 1. The van der Waals surface area contributed by atoms with Gasteiger partial charge in [-0.15, -0.1) is 0 Å². The van der Waals surface area contributed by atoms with E-state index in [1.165, 1.54) is 31.3 Å². The van der Waals surface area contributed by atoms with Crippen molar-refractivity contribution < 1.29 is 4.79 Å². The van der Waals surface area contributed by atoms with E-state index in [0.29, 0.717) is 5.92 Å². The lowest BCUT2D eigenvalue weighted by atomic mass is 9.97. The molecule has 6 nitrogen and oxygen atoms in total. The summed E-state index contributed by atoms with van der Waals surface area (Å²) in [5.74, 6) is 2.39. The molecular formula is C23H37N5O. The van der Waals surface area contributed by atoms with Crippen molar-refractivity contribution in [1.82, 2.24) is 20.2 Å². The summed E-state index contributed by atoms with van der Waals surface area (Å²) in [5.41, 5.74) is 2.53. The molecule has 1 fully saturated rings. The quantitative estimate of drug-likeness (QED) is 0.712. The Morgan fingerprint density at radius 3 is 2.55 bits per heavy atom. The normalized spacial score (nSPS) is 19.2. The number of aryl methyl sites for hydroxylation is 1. The molecule has 0 spiro atoms. The van der Waals surface area contributed by atoms with Crippen LogP contribution in [-0.2, 0) is 4.79 Å². The van der Waals surface area contributed by atoms with Gasteiger partial charge in [-0.25, -0.2) is 9.97 Å². The summed E-state index contributed by atoms with van der Waals surface area (Å²) in [6.45, 7) is 12.6. The highest BCUT2D eigenvalue weighted by Gasteiger charge is 2.26. The van der Waals surface area contributed by atoms with Crippen molar-refractivity contribution in [2.75, 3.05) is 37.6 Å². The number of hydrogen-bond acceptors (Lipinski definition) is 5. The molecule has 1 atom stereocenters. The Bertz CT molecular complexity index is 722. The minimum atomic E-state index is -0.0872. The Morgan fingerprint density at radius 1 is 1.14 bits per heavy atom. The number of nitrogens with zero attached hydrogens (tertiary/aromatic N) is 4. The molecule has 0 bridgehead atoms. The number of carbonyl (C=O) groups excluding carboxylic acids is 1. The van der Waals surface area contributed by atoms with E-state index in [-0.39, 0.29) is 11.9 Å². The lowest BCUT2D eigenvalue weighted by Gasteiger charge is -2.38. The second kappa shape index (κ2) is 10.2. The zero-order valence-corrected chi connectivity index (χ0v) is 18.6. The van der Waals surface area contributed by atoms with Crippen LogP contribution in [0.2, 0.25) is 0 Å². The van der Waals surface area contributed by atoms with E-state index in [4.69, 9.17) is 4.98 Å². The van der Waals surface area contributed by atoms with Gasteiger partial charge in [0.25, 0.3) is 0 Å². The maximum Gasteiger partial charge on any atom is 0.237 e. The number of amides is 1. The zero-order valence-electron chi connectivity index (χ0n) is 18.6. The van der Waals surface area contributed by atoms with Crippen LogP contribution in [0.1, 0.15) is 70.3 Å². The standard InChI is InChI=1S/C23H37N5O/c1-17(2)22-25-18(3)16-21(26-22)28-14-12-27(13-15-28)19(4)23(29)24-11-10-20-8-6-5-7-9-20/h8,16-17,19H,5-7,9-15H2,1-4H3,(H,24,29)/t19-/m1/s1. The van der Waals surface area contributed by atoms with E-state index in [1.807, 2.05) is 13.8 Å². The molecule has 6 heteroatoms. The van der Waals surface area contributed by atoms with Gasteiger partial charge in [0.2, 0.25) is 5.91 Å². The van der Waals surface area contributed by atoms with Crippen molar-refractivity contribution in [2.45, 2.75) is 71.8 Å². The van der Waals surface area contributed by atoms with Crippen LogP contribution >= 0.6 is 0 Å². The Balaban J connectivity index is 1.47. The van der Waals surface area contributed by atoms with Crippen LogP contribution in [0.5, 0.6) is 0 Å². The Morgan fingerprint density at radius 2 is 1.90 bits per heavy atom. The van der Waals surface area contributed by atoms with Gasteiger partial charge >= 0.3 is 0 Å². The summed E-state index contributed by atoms with van der Waals surface area (Å²) in [6.07, 6.45) is 8.37. The molecule has 0 unspecified atom stereocenters. The number of carbonyl (C=O) groups is 1. The third-order valence-corrected chi connectivity index (χ3v) is 6.07. The maximum absolute atomic E-state index is 12.6. The van der Waals surface area contributed by atoms with Gasteiger partial charge in [0.05, 0.1) is 6.04 Å². The summed E-state index contributed by atoms with van der Waals surface area (Å²) < 4.78 is 0. The molecular weight excluding hydrogens is 362 g/mol.